The molecule has 3 rings (SSSR count). The van der Waals surface area contributed by atoms with Gasteiger partial charge in [0.1, 0.15) is 12.2 Å². The number of methoxy groups -OCH3 is 1. The van der Waals surface area contributed by atoms with Crippen LogP contribution in [0.5, 0.6) is 5.88 Å². The van der Waals surface area contributed by atoms with Crippen LogP contribution < -0.4 is 4.74 Å². The Labute approximate surface area is 117 Å². The normalized spacial score (nSPS) is 19.2. The molecular weight excluding hydrogens is 264 g/mol. The number of imidazole rings is 1. The second-order valence-corrected chi connectivity index (χ2v) is 5.98. The van der Waals surface area contributed by atoms with Crippen molar-refractivity contribution in [1.82, 2.24) is 19.5 Å². The SMILES string of the molecule is COc1ncnc2c1nc(C(C)Cl)n2C1(C)CCC1. The predicted molar refractivity (Wildman–Crippen MR) is 73.6 cm³/mol. The number of hydrogen-bond donors (Lipinski definition) is 0. The van der Waals surface area contributed by atoms with E-state index in [4.69, 9.17) is 16.3 Å². The summed E-state index contributed by atoms with van der Waals surface area (Å²) in [5.41, 5.74) is 1.57. The summed E-state index contributed by atoms with van der Waals surface area (Å²) >= 11 is 6.29. The van der Waals surface area contributed by atoms with E-state index in [0.717, 1.165) is 24.3 Å². The smallest absolute Gasteiger partial charge is 0.245 e. The average Bonchev–Trinajstić information content (AvgIpc) is 2.75. The Morgan fingerprint density at radius 3 is 2.68 bits per heavy atom. The number of aromatic nitrogens is 4. The topological polar surface area (TPSA) is 52.8 Å². The number of nitrogens with zero attached hydrogens (tertiary/aromatic N) is 4. The Balaban J connectivity index is 2.31. The molecule has 0 radical (unpaired) electrons. The summed E-state index contributed by atoms with van der Waals surface area (Å²) in [7, 11) is 1.59. The van der Waals surface area contributed by atoms with Crippen LogP contribution in [0, 0.1) is 0 Å². The fourth-order valence-corrected chi connectivity index (χ4v) is 2.90. The minimum Gasteiger partial charge on any atom is -0.479 e. The lowest BCUT2D eigenvalue weighted by Gasteiger charge is -2.41. The van der Waals surface area contributed by atoms with Crippen molar-refractivity contribution in [3.63, 3.8) is 0 Å². The molecule has 0 spiro atoms. The zero-order chi connectivity index (χ0) is 13.6. The highest BCUT2D eigenvalue weighted by Gasteiger charge is 2.38. The molecule has 2 aromatic heterocycles. The van der Waals surface area contributed by atoms with Gasteiger partial charge >= 0.3 is 0 Å². The van der Waals surface area contributed by atoms with Crippen LogP contribution >= 0.6 is 11.6 Å². The maximum absolute atomic E-state index is 6.29. The van der Waals surface area contributed by atoms with Crippen molar-refractivity contribution in [3.8, 4) is 5.88 Å². The number of ether oxygens (including phenoxy) is 1. The van der Waals surface area contributed by atoms with Gasteiger partial charge in [-0.3, -0.25) is 0 Å². The summed E-state index contributed by atoms with van der Waals surface area (Å²) in [6.45, 7) is 4.16. The molecule has 0 amide bonds. The Bertz CT molecular complexity index is 618. The third-order valence-electron chi connectivity index (χ3n) is 3.96. The molecule has 1 atom stereocenters. The molecule has 19 heavy (non-hydrogen) atoms. The standard InChI is InChI=1S/C13H17ClN4O/c1-8(14)10-17-9-11(15-7-16-12(9)19-3)18(10)13(2)5-4-6-13/h7-8H,4-6H2,1-3H3. The molecule has 6 heteroatoms. The third-order valence-corrected chi connectivity index (χ3v) is 4.15. The van der Waals surface area contributed by atoms with Gasteiger partial charge in [0.15, 0.2) is 11.2 Å². The highest BCUT2D eigenvalue weighted by Crippen LogP contribution is 2.43. The number of hydrogen-bond acceptors (Lipinski definition) is 4. The van der Waals surface area contributed by atoms with Crippen LogP contribution in [0.25, 0.3) is 11.2 Å². The molecule has 0 bridgehead atoms. The van der Waals surface area contributed by atoms with E-state index in [0.29, 0.717) is 11.4 Å². The van der Waals surface area contributed by atoms with E-state index in [2.05, 4.69) is 26.4 Å². The van der Waals surface area contributed by atoms with E-state index >= 15 is 0 Å². The Morgan fingerprint density at radius 1 is 1.42 bits per heavy atom. The summed E-state index contributed by atoms with van der Waals surface area (Å²) in [4.78, 5) is 13.1. The number of alkyl halides is 1. The van der Waals surface area contributed by atoms with Gasteiger partial charge < -0.3 is 9.30 Å². The number of fused-ring (bicyclic) bond motifs is 1. The first-order valence-electron chi connectivity index (χ1n) is 6.49. The maximum atomic E-state index is 6.29. The summed E-state index contributed by atoms with van der Waals surface area (Å²) in [5, 5.41) is -0.170. The van der Waals surface area contributed by atoms with Crippen molar-refractivity contribution >= 4 is 22.8 Å². The van der Waals surface area contributed by atoms with E-state index in [1.54, 1.807) is 7.11 Å². The lowest BCUT2D eigenvalue weighted by atomic mass is 9.78. The van der Waals surface area contributed by atoms with Crippen LogP contribution in [-0.2, 0) is 5.54 Å². The van der Waals surface area contributed by atoms with Crippen LogP contribution in [-0.4, -0.2) is 26.6 Å². The van der Waals surface area contributed by atoms with Crippen molar-refractivity contribution in [2.45, 2.75) is 44.0 Å². The molecule has 0 aromatic carbocycles. The van der Waals surface area contributed by atoms with Crippen LogP contribution in [0.4, 0.5) is 0 Å². The van der Waals surface area contributed by atoms with Crippen molar-refractivity contribution in [2.75, 3.05) is 7.11 Å². The van der Waals surface area contributed by atoms with Gasteiger partial charge in [-0.2, -0.15) is 4.98 Å². The average molecular weight is 281 g/mol. The van der Waals surface area contributed by atoms with Crippen LogP contribution in [0.1, 0.15) is 44.3 Å². The summed E-state index contributed by atoms with van der Waals surface area (Å²) in [6.07, 6.45) is 5.00. The first kappa shape index (κ1) is 12.7. The molecule has 2 heterocycles. The summed E-state index contributed by atoms with van der Waals surface area (Å²) < 4.78 is 7.44. The molecule has 102 valence electrons. The van der Waals surface area contributed by atoms with Crippen LogP contribution in [0.15, 0.2) is 6.33 Å². The Morgan fingerprint density at radius 2 is 2.16 bits per heavy atom. The zero-order valence-electron chi connectivity index (χ0n) is 11.4. The van der Waals surface area contributed by atoms with Gasteiger partial charge in [-0.25, -0.2) is 9.97 Å². The molecule has 1 aliphatic carbocycles. The zero-order valence-corrected chi connectivity index (χ0v) is 12.1. The molecule has 0 aliphatic heterocycles. The van der Waals surface area contributed by atoms with Gasteiger partial charge in [0, 0.05) is 5.54 Å². The summed E-state index contributed by atoms with van der Waals surface area (Å²) in [6, 6.07) is 0. The molecule has 0 saturated heterocycles. The maximum Gasteiger partial charge on any atom is 0.245 e. The van der Waals surface area contributed by atoms with Crippen molar-refractivity contribution < 1.29 is 4.74 Å². The molecule has 1 saturated carbocycles. The lowest BCUT2D eigenvalue weighted by molar-refractivity contribution is 0.168. The van der Waals surface area contributed by atoms with Gasteiger partial charge in [-0.05, 0) is 33.1 Å². The largest absolute Gasteiger partial charge is 0.479 e. The first-order chi connectivity index (χ1) is 9.07. The quantitative estimate of drug-likeness (QED) is 0.811. The lowest BCUT2D eigenvalue weighted by Crippen LogP contribution is -2.38. The van der Waals surface area contributed by atoms with Gasteiger partial charge in [-0.1, -0.05) is 0 Å². The van der Waals surface area contributed by atoms with E-state index in [-0.39, 0.29) is 10.9 Å². The third kappa shape index (κ3) is 1.79. The second kappa shape index (κ2) is 4.34. The monoisotopic (exact) mass is 280 g/mol. The molecule has 5 nitrogen and oxygen atoms in total. The number of halogens is 1. The fourth-order valence-electron chi connectivity index (χ4n) is 2.75. The molecule has 1 fully saturated rings. The van der Waals surface area contributed by atoms with E-state index < -0.39 is 0 Å². The van der Waals surface area contributed by atoms with Gasteiger partial charge in [0.2, 0.25) is 5.88 Å². The Hall–Kier alpha value is -1.36. The first-order valence-corrected chi connectivity index (χ1v) is 6.92. The highest BCUT2D eigenvalue weighted by molar-refractivity contribution is 6.20. The fraction of sp³-hybridized carbons (Fsp3) is 0.615. The van der Waals surface area contributed by atoms with Crippen molar-refractivity contribution in [3.05, 3.63) is 12.2 Å². The Kier molecular flexibility index (Phi) is 2.89. The van der Waals surface area contributed by atoms with Crippen LogP contribution in [0.2, 0.25) is 0 Å². The molecule has 1 unspecified atom stereocenters. The second-order valence-electron chi connectivity index (χ2n) is 5.33. The number of rotatable bonds is 3. The molecule has 1 aliphatic rings. The van der Waals surface area contributed by atoms with E-state index in [1.807, 2.05) is 6.92 Å². The minimum atomic E-state index is -0.170. The van der Waals surface area contributed by atoms with E-state index in [1.165, 1.54) is 12.7 Å². The van der Waals surface area contributed by atoms with Gasteiger partial charge in [0.25, 0.3) is 0 Å². The van der Waals surface area contributed by atoms with Gasteiger partial charge in [-0.15, -0.1) is 11.6 Å². The predicted octanol–water partition coefficient (Wildman–Crippen LogP) is 3.03. The molecular formula is C13H17ClN4O. The van der Waals surface area contributed by atoms with Crippen molar-refractivity contribution in [2.24, 2.45) is 0 Å². The van der Waals surface area contributed by atoms with Crippen LogP contribution in [0.3, 0.4) is 0 Å². The summed E-state index contributed by atoms with van der Waals surface area (Å²) in [5.74, 6) is 1.35. The molecule has 0 N–H and O–H groups in total. The highest BCUT2D eigenvalue weighted by atomic mass is 35.5. The minimum absolute atomic E-state index is 0.0621. The van der Waals surface area contributed by atoms with Crippen molar-refractivity contribution in [1.29, 1.82) is 0 Å². The van der Waals surface area contributed by atoms with E-state index in [9.17, 15) is 0 Å². The molecule has 2 aromatic rings. The van der Waals surface area contributed by atoms with Gasteiger partial charge in [0.05, 0.1) is 12.5 Å².